The minimum absolute atomic E-state index is 0.0445. The predicted octanol–water partition coefficient (Wildman–Crippen LogP) is 3.21. The van der Waals surface area contributed by atoms with E-state index >= 15 is 0 Å². The lowest BCUT2D eigenvalue weighted by atomic mass is 10.0. The molecule has 3 aromatic rings. The summed E-state index contributed by atoms with van der Waals surface area (Å²) < 4.78 is 39.1. The fourth-order valence-corrected chi connectivity index (χ4v) is 5.11. The van der Waals surface area contributed by atoms with E-state index in [0.29, 0.717) is 22.7 Å². The largest absolute Gasteiger partial charge is 0.405 e. The van der Waals surface area contributed by atoms with Gasteiger partial charge in [0, 0.05) is 12.5 Å². The number of rotatable bonds is 6. The van der Waals surface area contributed by atoms with Gasteiger partial charge in [0.1, 0.15) is 23.5 Å². The molecule has 178 valence electrons. The first-order chi connectivity index (χ1) is 15.5. The van der Waals surface area contributed by atoms with Crippen molar-refractivity contribution in [3.05, 3.63) is 29.5 Å². The second-order valence-corrected chi connectivity index (χ2v) is 9.32. The highest BCUT2D eigenvalue weighted by molar-refractivity contribution is 7.21. The van der Waals surface area contributed by atoms with Crippen LogP contribution in [0.25, 0.3) is 20.8 Å². The summed E-state index contributed by atoms with van der Waals surface area (Å²) in [6.45, 7) is 1.93. The van der Waals surface area contributed by atoms with Gasteiger partial charge in [-0.3, -0.25) is 0 Å². The molecule has 2 heterocycles. The lowest BCUT2D eigenvalue weighted by molar-refractivity contribution is -0.115. The molecule has 12 heteroatoms. The second-order valence-electron chi connectivity index (χ2n) is 8.29. The Morgan fingerprint density at radius 1 is 1.21 bits per heavy atom. The van der Waals surface area contributed by atoms with Crippen LogP contribution in [-0.2, 0) is 0 Å². The number of anilines is 2. The molecule has 1 fully saturated rings. The first-order valence-electron chi connectivity index (χ1n) is 10.4. The highest BCUT2D eigenvalue weighted by atomic mass is 32.1. The maximum Gasteiger partial charge on any atom is 0.405 e. The van der Waals surface area contributed by atoms with Gasteiger partial charge in [0.2, 0.25) is 5.95 Å². The molecule has 0 spiro atoms. The summed E-state index contributed by atoms with van der Waals surface area (Å²) in [5.41, 5.74) is 0.735. The highest BCUT2D eigenvalue weighted by Gasteiger charge is 2.47. The zero-order valence-corrected chi connectivity index (χ0v) is 18.8. The summed E-state index contributed by atoms with van der Waals surface area (Å²) in [4.78, 5) is 13.0. The Morgan fingerprint density at radius 2 is 1.97 bits per heavy atom. The van der Waals surface area contributed by atoms with Crippen molar-refractivity contribution >= 4 is 33.3 Å². The molecule has 0 saturated heterocycles. The fourth-order valence-electron chi connectivity index (χ4n) is 3.95. The number of nitrogens with one attached hydrogen (secondary N) is 2. The van der Waals surface area contributed by atoms with Gasteiger partial charge in [-0.2, -0.15) is 18.2 Å². The van der Waals surface area contributed by atoms with Crippen LogP contribution in [0.4, 0.5) is 24.9 Å². The summed E-state index contributed by atoms with van der Waals surface area (Å²) in [6, 6.07) is 5.76. The topological polar surface area (TPSA) is 123 Å². The number of aryl methyl sites for hydroxylation is 2. The molecule has 1 aromatic carbocycles. The SMILES string of the molecule is Cc1ccc2nc(-c3c(C)nc(NCC(F)(F)F)nc3NC3(O)CCC(CO)C3O)sc2c1. The van der Waals surface area contributed by atoms with Crippen LogP contribution in [0.5, 0.6) is 0 Å². The maximum absolute atomic E-state index is 12.7. The van der Waals surface area contributed by atoms with Gasteiger partial charge in [-0.05, 0) is 44.4 Å². The first kappa shape index (κ1) is 23.6. The van der Waals surface area contributed by atoms with Crippen molar-refractivity contribution < 1.29 is 28.5 Å². The summed E-state index contributed by atoms with van der Waals surface area (Å²) in [7, 11) is 0. The average Bonchev–Trinajstić information content (AvgIpc) is 3.26. The molecule has 3 unspecified atom stereocenters. The van der Waals surface area contributed by atoms with Crippen LogP contribution in [0.3, 0.4) is 0 Å². The molecule has 2 aromatic heterocycles. The monoisotopic (exact) mass is 483 g/mol. The van der Waals surface area contributed by atoms with Gasteiger partial charge in [-0.1, -0.05) is 6.07 Å². The van der Waals surface area contributed by atoms with E-state index in [2.05, 4.69) is 25.6 Å². The van der Waals surface area contributed by atoms with Crippen molar-refractivity contribution in [1.29, 1.82) is 0 Å². The maximum atomic E-state index is 12.7. The molecule has 1 saturated carbocycles. The van der Waals surface area contributed by atoms with Crippen LogP contribution in [0, 0.1) is 19.8 Å². The minimum atomic E-state index is -4.47. The van der Waals surface area contributed by atoms with Crippen LogP contribution in [0.1, 0.15) is 24.1 Å². The molecule has 5 N–H and O–H groups in total. The minimum Gasteiger partial charge on any atom is -0.396 e. The molecule has 1 aliphatic carbocycles. The van der Waals surface area contributed by atoms with Gasteiger partial charge >= 0.3 is 6.18 Å². The Kier molecular flexibility index (Phi) is 6.20. The molecule has 0 aliphatic heterocycles. The van der Waals surface area contributed by atoms with E-state index in [-0.39, 0.29) is 24.8 Å². The van der Waals surface area contributed by atoms with Crippen LogP contribution < -0.4 is 10.6 Å². The number of aromatic nitrogens is 3. The number of thiazole rings is 1. The third-order valence-electron chi connectivity index (χ3n) is 5.70. The number of nitrogens with zero attached hydrogens (tertiary/aromatic N) is 3. The third-order valence-corrected chi connectivity index (χ3v) is 6.73. The van der Waals surface area contributed by atoms with Crippen molar-refractivity contribution in [2.24, 2.45) is 5.92 Å². The number of benzene rings is 1. The number of halogens is 3. The standard InChI is InChI=1S/C21H24F3N5O3S/c1-10-3-4-13-14(7-10)33-18(27-13)15-11(2)26-19(25-9-21(22,23)24)28-17(15)29-20(32)6-5-12(8-30)16(20)31/h3-4,7,12,16,30-32H,5-6,8-9H2,1-2H3,(H2,25,26,28,29). The zero-order valence-electron chi connectivity index (χ0n) is 17.9. The molecule has 0 bridgehead atoms. The second kappa shape index (κ2) is 8.67. The molecule has 1 aliphatic rings. The number of aliphatic hydroxyl groups is 3. The normalized spacial score (nSPS) is 23.3. The molecular formula is C21H24F3N5O3S. The van der Waals surface area contributed by atoms with Crippen molar-refractivity contribution in [3.63, 3.8) is 0 Å². The van der Waals surface area contributed by atoms with Crippen molar-refractivity contribution in [3.8, 4) is 10.6 Å². The summed E-state index contributed by atoms with van der Waals surface area (Å²) in [6.07, 6.45) is -5.29. The first-order valence-corrected chi connectivity index (χ1v) is 11.2. The van der Waals surface area contributed by atoms with E-state index in [1.807, 2.05) is 25.1 Å². The fraction of sp³-hybridized carbons (Fsp3) is 0.476. The Labute approximate surface area is 191 Å². The van der Waals surface area contributed by atoms with Gasteiger partial charge in [0.25, 0.3) is 0 Å². The molecule has 0 radical (unpaired) electrons. The Hall–Kier alpha value is -2.54. The quantitative estimate of drug-likeness (QED) is 0.339. The lowest BCUT2D eigenvalue weighted by Crippen LogP contribution is -2.48. The molecular weight excluding hydrogens is 459 g/mol. The lowest BCUT2D eigenvalue weighted by Gasteiger charge is -2.31. The van der Waals surface area contributed by atoms with E-state index in [9.17, 15) is 28.5 Å². The van der Waals surface area contributed by atoms with Gasteiger partial charge in [0.05, 0.1) is 21.5 Å². The smallest absolute Gasteiger partial charge is 0.396 e. The molecule has 33 heavy (non-hydrogen) atoms. The van der Waals surface area contributed by atoms with Crippen molar-refractivity contribution in [2.45, 2.75) is 44.7 Å². The van der Waals surface area contributed by atoms with E-state index < -0.39 is 30.5 Å². The number of fused-ring (bicyclic) bond motifs is 1. The van der Waals surface area contributed by atoms with Crippen LogP contribution >= 0.6 is 11.3 Å². The Bertz CT molecular complexity index is 1170. The van der Waals surface area contributed by atoms with Gasteiger partial charge in [-0.25, -0.2) is 9.97 Å². The highest BCUT2D eigenvalue weighted by Crippen LogP contribution is 2.40. The Morgan fingerprint density at radius 3 is 2.64 bits per heavy atom. The number of alkyl halides is 3. The molecule has 0 amide bonds. The van der Waals surface area contributed by atoms with Gasteiger partial charge in [0.15, 0.2) is 5.72 Å². The van der Waals surface area contributed by atoms with E-state index in [1.165, 1.54) is 11.3 Å². The summed E-state index contributed by atoms with van der Waals surface area (Å²) >= 11 is 1.36. The van der Waals surface area contributed by atoms with Crippen molar-refractivity contribution in [1.82, 2.24) is 15.0 Å². The van der Waals surface area contributed by atoms with Crippen LogP contribution in [0.15, 0.2) is 18.2 Å². The number of aliphatic hydroxyl groups excluding tert-OH is 2. The van der Waals surface area contributed by atoms with Crippen LogP contribution in [-0.4, -0.2) is 61.4 Å². The van der Waals surface area contributed by atoms with Gasteiger partial charge < -0.3 is 26.0 Å². The van der Waals surface area contributed by atoms with Gasteiger partial charge in [-0.15, -0.1) is 11.3 Å². The predicted molar refractivity (Wildman–Crippen MR) is 119 cm³/mol. The Balaban J connectivity index is 1.79. The van der Waals surface area contributed by atoms with E-state index in [1.54, 1.807) is 6.92 Å². The third kappa shape index (κ3) is 4.88. The van der Waals surface area contributed by atoms with Crippen molar-refractivity contribution in [2.75, 3.05) is 23.8 Å². The zero-order chi connectivity index (χ0) is 24.0. The summed E-state index contributed by atoms with van der Waals surface area (Å²) in [5, 5.41) is 36.5. The molecule has 3 atom stereocenters. The summed E-state index contributed by atoms with van der Waals surface area (Å²) in [5.74, 6) is -0.770. The molecule has 8 nitrogen and oxygen atoms in total. The van der Waals surface area contributed by atoms with E-state index in [4.69, 9.17) is 0 Å². The van der Waals surface area contributed by atoms with E-state index in [0.717, 1.165) is 15.8 Å². The molecule has 4 rings (SSSR count). The average molecular weight is 484 g/mol. The number of hydrogen-bond donors (Lipinski definition) is 5. The number of hydrogen-bond acceptors (Lipinski definition) is 9. The van der Waals surface area contributed by atoms with Crippen LogP contribution in [0.2, 0.25) is 0 Å².